The van der Waals surface area contributed by atoms with Gasteiger partial charge >= 0.3 is 12.1 Å². The Labute approximate surface area is 164 Å². The van der Waals surface area contributed by atoms with Crippen molar-refractivity contribution in [2.75, 3.05) is 6.61 Å². The van der Waals surface area contributed by atoms with Crippen molar-refractivity contribution in [3.05, 3.63) is 0 Å². The maximum atomic E-state index is 13.1. The molecule has 1 aliphatic heterocycles. The van der Waals surface area contributed by atoms with Crippen molar-refractivity contribution in [3.8, 4) is 0 Å². The van der Waals surface area contributed by atoms with Crippen LogP contribution in [0.3, 0.4) is 0 Å². The third-order valence-corrected chi connectivity index (χ3v) is 4.75. The molecule has 0 radical (unpaired) electrons. The van der Waals surface area contributed by atoms with E-state index in [0.29, 0.717) is 6.42 Å². The summed E-state index contributed by atoms with van der Waals surface area (Å²) in [5.41, 5.74) is -0.598. The average Bonchev–Trinajstić information content (AvgIpc) is 2.93. The SMILES string of the molecule is CCCCCCC[C@@H](CC(=O)OC(C)(C)C)C(=O)N1C(=O)OC[C@@H]1C(C)C. The smallest absolute Gasteiger partial charge is 0.416 e. The number of rotatable bonds is 10. The van der Waals surface area contributed by atoms with Crippen LogP contribution in [-0.2, 0) is 19.1 Å². The number of hydrogen-bond acceptors (Lipinski definition) is 5. The summed E-state index contributed by atoms with van der Waals surface area (Å²) in [6.07, 6.45) is 5.28. The lowest BCUT2D eigenvalue weighted by Crippen LogP contribution is -2.45. The molecule has 2 amide bonds. The minimum Gasteiger partial charge on any atom is -0.460 e. The summed E-state index contributed by atoms with van der Waals surface area (Å²) in [6, 6.07) is -0.272. The molecule has 0 spiro atoms. The lowest BCUT2D eigenvalue weighted by Gasteiger charge is -2.27. The number of hydrogen-bond donors (Lipinski definition) is 0. The molecule has 0 aliphatic carbocycles. The van der Waals surface area contributed by atoms with Gasteiger partial charge in [0.2, 0.25) is 5.91 Å². The first-order valence-electron chi connectivity index (χ1n) is 10.3. The first kappa shape index (κ1) is 23.4. The van der Waals surface area contributed by atoms with Crippen LogP contribution in [-0.4, -0.2) is 41.1 Å². The van der Waals surface area contributed by atoms with Crippen molar-refractivity contribution < 1.29 is 23.9 Å². The Hall–Kier alpha value is -1.59. The van der Waals surface area contributed by atoms with Gasteiger partial charge in [-0.1, -0.05) is 52.9 Å². The van der Waals surface area contributed by atoms with E-state index < -0.39 is 23.6 Å². The van der Waals surface area contributed by atoms with E-state index in [1.54, 1.807) is 20.8 Å². The first-order valence-corrected chi connectivity index (χ1v) is 10.3. The number of ether oxygens (including phenoxy) is 2. The fraction of sp³-hybridized carbons (Fsp3) is 0.857. The molecule has 0 bridgehead atoms. The molecule has 0 aromatic heterocycles. The van der Waals surface area contributed by atoms with Crippen LogP contribution in [0.1, 0.15) is 86.5 Å². The molecule has 1 aliphatic rings. The Balaban J connectivity index is 2.82. The maximum Gasteiger partial charge on any atom is 0.416 e. The van der Waals surface area contributed by atoms with Crippen LogP contribution < -0.4 is 0 Å². The molecule has 0 aromatic carbocycles. The van der Waals surface area contributed by atoms with Crippen LogP contribution in [0.4, 0.5) is 4.79 Å². The number of nitrogens with zero attached hydrogens (tertiary/aromatic N) is 1. The molecule has 6 nitrogen and oxygen atoms in total. The maximum absolute atomic E-state index is 13.1. The van der Waals surface area contributed by atoms with Crippen molar-refractivity contribution in [2.45, 2.75) is 98.1 Å². The predicted octanol–water partition coefficient (Wildman–Crippen LogP) is 4.70. The summed E-state index contributed by atoms with van der Waals surface area (Å²) >= 11 is 0. The monoisotopic (exact) mass is 383 g/mol. The van der Waals surface area contributed by atoms with Crippen molar-refractivity contribution in [2.24, 2.45) is 11.8 Å². The first-order chi connectivity index (χ1) is 12.6. The standard InChI is InChI=1S/C21H37NO5/c1-7-8-9-10-11-12-16(13-18(23)27-21(4,5)6)19(24)22-17(15(2)3)14-26-20(22)25/h15-17H,7-14H2,1-6H3/t16-,17+/m0/s1. The van der Waals surface area contributed by atoms with Crippen molar-refractivity contribution >= 4 is 18.0 Å². The van der Waals surface area contributed by atoms with Gasteiger partial charge in [0.05, 0.1) is 12.5 Å². The lowest BCUT2D eigenvalue weighted by molar-refractivity contribution is -0.158. The molecule has 1 heterocycles. The Kier molecular flexibility index (Phi) is 9.27. The topological polar surface area (TPSA) is 72.9 Å². The van der Waals surface area contributed by atoms with Crippen molar-refractivity contribution in [1.82, 2.24) is 4.90 Å². The number of imide groups is 1. The Bertz CT molecular complexity index is 509. The Morgan fingerprint density at radius 2 is 1.81 bits per heavy atom. The molecule has 27 heavy (non-hydrogen) atoms. The van der Waals surface area contributed by atoms with Gasteiger partial charge in [-0.2, -0.15) is 0 Å². The summed E-state index contributed by atoms with van der Waals surface area (Å²) in [5.74, 6) is -1.15. The van der Waals surface area contributed by atoms with Crippen LogP contribution in [0.15, 0.2) is 0 Å². The normalized spacial score (nSPS) is 18.6. The number of amides is 2. The van der Waals surface area contributed by atoms with E-state index in [1.807, 2.05) is 13.8 Å². The highest BCUT2D eigenvalue weighted by Gasteiger charge is 2.42. The molecular formula is C21H37NO5. The van der Waals surface area contributed by atoms with Gasteiger partial charge in [-0.3, -0.25) is 9.59 Å². The summed E-state index contributed by atoms with van der Waals surface area (Å²) in [5, 5.41) is 0. The zero-order chi connectivity index (χ0) is 20.6. The fourth-order valence-electron chi connectivity index (χ4n) is 3.27. The minimum atomic E-state index is -0.598. The zero-order valence-corrected chi connectivity index (χ0v) is 17.9. The highest BCUT2D eigenvalue weighted by molar-refractivity contribution is 5.96. The van der Waals surface area contributed by atoms with Gasteiger partial charge in [0.15, 0.2) is 0 Å². The Morgan fingerprint density at radius 1 is 1.19 bits per heavy atom. The van der Waals surface area contributed by atoms with E-state index in [-0.39, 0.29) is 30.9 Å². The Morgan fingerprint density at radius 3 is 2.37 bits per heavy atom. The number of carbonyl (C=O) groups is 3. The van der Waals surface area contributed by atoms with E-state index in [1.165, 1.54) is 11.3 Å². The predicted molar refractivity (Wildman–Crippen MR) is 104 cm³/mol. The van der Waals surface area contributed by atoms with Gasteiger partial charge in [0.1, 0.15) is 12.2 Å². The largest absolute Gasteiger partial charge is 0.460 e. The number of esters is 1. The molecule has 2 atom stereocenters. The summed E-state index contributed by atoms with van der Waals surface area (Å²) in [6.45, 7) is 11.7. The van der Waals surface area contributed by atoms with E-state index in [2.05, 4.69) is 6.92 Å². The van der Waals surface area contributed by atoms with Gasteiger partial charge in [0.25, 0.3) is 0 Å². The third kappa shape index (κ3) is 7.89. The fourth-order valence-corrected chi connectivity index (χ4v) is 3.27. The molecule has 0 aromatic rings. The van der Waals surface area contributed by atoms with Crippen molar-refractivity contribution in [3.63, 3.8) is 0 Å². The number of cyclic esters (lactones) is 1. The highest BCUT2D eigenvalue weighted by Crippen LogP contribution is 2.26. The number of unbranched alkanes of at least 4 members (excludes halogenated alkanes) is 4. The highest BCUT2D eigenvalue weighted by atomic mass is 16.6. The van der Waals surface area contributed by atoms with Crippen LogP contribution in [0.5, 0.6) is 0 Å². The van der Waals surface area contributed by atoms with Crippen LogP contribution in [0.2, 0.25) is 0 Å². The van der Waals surface area contributed by atoms with E-state index in [4.69, 9.17) is 9.47 Å². The lowest BCUT2D eigenvalue weighted by atomic mass is 9.94. The second kappa shape index (κ2) is 10.7. The molecule has 6 heteroatoms. The molecule has 0 unspecified atom stereocenters. The van der Waals surface area contributed by atoms with Crippen molar-refractivity contribution in [1.29, 1.82) is 0 Å². The minimum absolute atomic E-state index is 0.00151. The molecule has 156 valence electrons. The molecule has 1 rings (SSSR count). The van der Waals surface area contributed by atoms with Gasteiger partial charge in [0, 0.05) is 5.92 Å². The molecule has 1 saturated heterocycles. The van der Waals surface area contributed by atoms with Crippen LogP contribution in [0, 0.1) is 11.8 Å². The van der Waals surface area contributed by atoms with Gasteiger partial charge in [-0.05, 0) is 33.1 Å². The average molecular weight is 384 g/mol. The second-order valence-corrected chi connectivity index (χ2v) is 8.79. The molecular weight excluding hydrogens is 346 g/mol. The van der Waals surface area contributed by atoms with Gasteiger partial charge < -0.3 is 9.47 Å². The second-order valence-electron chi connectivity index (χ2n) is 8.79. The van der Waals surface area contributed by atoms with Crippen LogP contribution >= 0.6 is 0 Å². The van der Waals surface area contributed by atoms with Gasteiger partial charge in [-0.25, -0.2) is 9.69 Å². The summed E-state index contributed by atoms with van der Waals surface area (Å²) in [7, 11) is 0. The van der Waals surface area contributed by atoms with Gasteiger partial charge in [-0.15, -0.1) is 0 Å². The van der Waals surface area contributed by atoms with Crippen LogP contribution in [0.25, 0.3) is 0 Å². The quantitative estimate of drug-likeness (QED) is 0.404. The summed E-state index contributed by atoms with van der Waals surface area (Å²) < 4.78 is 10.5. The van der Waals surface area contributed by atoms with E-state index in [9.17, 15) is 14.4 Å². The third-order valence-electron chi connectivity index (χ3n) is 4.75. The molecule has 1 fully saturated rings. The molecule has 0 saturated carbocycles. The van der Waals surface area contributed by atoms with E-state index >= 15 is 0 Å². The zero-order valence-electron chi connectivity index (χ0n) is 17.9. The number of carbonyl (C=O) groups excluding carboxylic acids is 3. The molecule has 0 N–H and O–H groups in total. The van der Waals surface area contributed by atoms with E-state index in [0.717, 1.165) is 25.7 Å². The summed E-state index contributed by atoms with van der Waals surface area (Å²) in [4.78, 5) is 38.8.